The van der Waals surface area contributed by atoms with Crippen molar-refractivity contribution in [3.63, 3.8) is 0 Å². The Kier molecular flexibility index (Phi) is 3.09. The van der Waals surface area contributed by atoms with E-state index in [0.29, 0.717) is 12.0 Å². The molecule has 1 fully saturated rings. The van der Waals surface area contributed by atoms with Crippen molar-refractivity contribution in [2.24, 2.45) is 5.92 Å². The van der Waals surface area contributed by atoms with Crippen LogP contribution in [0, 0.1) is 5.92 Å². The Morgan fingerprint density at radius 3 is 2.40 bits per heavy atom. The predicted octanol–water partition coefficient (Wildman–Crippen LogP) is 0.864. The third-order valence-corrected chi connectivity index (χ3v) is 3.61. The molecule has 0 saturated carbocycles. The maximum absolute atomic E-state index is 5.68. The molecule has 0 aromatic heterocycles. The van der Waals surface area contributed by atoms with Crippen molar-refractivity contribution < 1.29 is 0 Å². The first kappa shape index (κ1) is 11.1. The quantitative estimate of drug-likeness (QED) is 0.537. The molecule has 1 saturated heterocycles. The molecule has 3 unspecified atom stereocenters. The molecular weight excluding hydrogens is 203 g/mol. The van der Waals surface area contributed by atoms with Crippen LogP contribution in [0.4, 0.5) is 0 Å². The second kappa shape index (κ2) is 4.20. The van der Waals surface area contributed by atoms with E-state index in [0.717, 1.165) is 5.46 Å². The average molecular weight is 218 g/mol. The van der Waals surface area contributed by atoms with Crippen molar-refractivity contribution in [3.8, 4) is 0 Å². The highest BCUT2D eigenvalue weighted by molar-refractivity contribution is 7.80. The molecule has 1 N–H and O–H groups in total. The average Bonchev–Trinajstić information content (AvgIpc) is 2.44. The van der Waals surface area contributed by atoms with Crippen LogP contribution in [-0.2, 0) is 0 Å². The van der Waals surface area contributed by atoms with Gasteiger partial charge in [0.15, 0.2) is 0 Å². The number of nitrogens with one attached hydrogen (secondary N) is 1. The van der Waals surface area contributed by atoms with Gasteiger partial charge in [0.25, 0.3) is 0 Å². The lowest BCUT2D eigenvalue weighted by Gasteiger charge is -2.22. The summed E-state index contributed by atoms with van der Waals surface area (Å²) in [4.78, 5) is 0. The van der Waals surface area contributed by atoms with E-state index < -0.39 is 0 Å². The van der Waals surface area contributed by atoms with Gasteiger partial charge in [0, 0.05) is 13.0 Å². The number of thiol groups is 1. The molecule has 4 heteroatoms. The van der Waals surface area contributed by atoms with E-state index in [2.05, 4.69) is 42.1 Å². The van der Waals surface area contributed by atoms with Gasteiger partial charge in [-0.15, -0.1) is 0 Å². The van der Waals surface area contributed by atoms with Crippen molar-refractivity contribution in [1.82, 2.24) is 10.4 Å². The van der Waals surface area contributed by atoms with Crippen LogP contribution in [0.3, 0.4) is 0 Å². The first-order valence-electron chi connectivity index (χ1n) is 5.12. The Morgan fingerprint density at radius 2 is 1.93 bits per heavy atom. The molecule has 2 rings (SSSR count). The summed E-state index contributed by atoms with van der Waals surface area (Å²) in [5.41, 5.74) is 5.38. The molecule has 3 atom stereocenters. The summed E-state index contributed by atoms with van der Waals surface area (Å²) >= 11 is 4.50. The number of rotatable bonds is 1. The third kappa shape index (κ3) is 2.07. The van der Waals surface area contributed by atoms with Gasteiger partial charge in [0.1, 0.15) is 7.85 Å². The largest absolute Gasteiger partial charge is 0.242 e. The standard InChI is InChI=1S/C11H15BN2S/c1-7-10(14(2)13-11(7)15)8-3-5-9(12)6-4-8/h3-7,10-11,13,15H,1-2H3. The highest BCUT2D eigenvalue weighted by Crippen LogP contribution is 2.34. The first-order chi connectivity index (χ1) is 7.09. The van der Waals surface area contributed by atoms with Crippen LogP contribution in [0.1, 0.15) is 18.5 Å². The summed E-state index contributed by atoms with van der Waals surface area (Å²) in [5.74, 6) is 0.474. The fraction of sp³-hybridized carbons (Fsp3) is 0.455. The molecule has 15 heavy (non-hydrogen) atoms. The molecule has 0 aliphatic carbocycles. The Balaban J connectivity index is 2.26. The minimum absolute atomic E-state index is 0.220. The summed E-state index contributed by atoms with van der Waals surface area (Å²) < 4.78 is 0. The second-order valence-electron chi connectivity index (χ2n) is 4.16. The van der Waals surface area contributed by atoms with Crippen LogP contribution in [0.2, 0.25) is 0 Å². The van der Waals surface area contributed by atoms with Crippen LogP contribution in [-0.4, -0.2) is 25.3 Å². The van der Waals surface area contributed by atoms with Gasteiger partial charge >= 0.3 is 0 Å². The van der Waals surface area contributed by atoms with Gasteiger partial charge in [-0.2, -0.15) is 12.6 Å². The van der Waals surface area contributed by atoms with Crippen molar-refractivity contribution in [2.45, 2.75) is 18.3 Å². The number of hydrogen-bond acceptors (Lipinski definition) is 3. The van der Waals surface area contributed by atoms with E-state index in [9.17, 15) is 0 Å². The molecule has 2 nitrogen and oxygen atoms in total. The topological polar surface area (TPSA) is 15.3 Å². The van der Waals surface area contributed by atoms with Gasteiger partial charge in [-0.1, -0.05) is 36.7 Å². The van der Waals surface area contributed by atoms with Crippen LogP contribution in [0.15, 0.2) is 24.3 Å². The zero-order valence-corrected chi connectivity index (χ0v) is 9.91. The summed E-state index contributed by atoms with van der Waals surface area (Å²) in [6, 6.07) is 8.43. The van der Waals surface area contributed by atoms with E-state index >= 15 is 0 Å². The lowest BCUT2D eigenvalue weighted by Crippen LogP contribution is -2.30. The maximum atomic E-state index is 5.68. The fourth-order valence-corrected chi connectivity index (χ4v) is 2.50. The summed E-state index contributed by atoms with van der Waals surface area (Å²) in [5, 5.41) is 2.34. The molecular formula is C11H15BN2S. The van der Waals surface area contributed by atoms with E-state index in [-0.39, 0.29) is 5.37 Å². The smallest absolute Gasteiger partial charge is 0.113 e. The zero-order chi connectivity index (χ0) is 11.0. The van der Waals surface area contributed by atoms with E-state index in [1.54, 1.807) is 0 Å². The lowest BCUT2D eigenvalue weighted by atomic mass is 9.90. The summed E-state index contributed by atoms with van der Waals surface area (Å²) in [6.45, 7) is 2.20. The summed E-state index contributed by atoms with van der Waals surface area (Å²) in [7, 11) is 7.73. The van der Waals surface area contributed by atoms with Crippen LogP contribution in [0.5, 0.6) is 0 Å². The van der Waals surface area contributed by atoms with E-state index in [1.165, 1.54) is 5.56 Å². The van der Waals surface area contributed by atoms with Gasteiger partial charge < -0.3 is 0 Å². The van der Waals surface area contributed by atoms with Crippen molar-refractivity contribution >= 4 is 25.9 Å². The molecule has 1 aromatic rings. The first-order valence-corrected chi connectivity index (χ1v) is 5.64. The molecule has 1 aliphatic heterocycles. The number of nitrogens with zero attached hydrogens (tertiary/aromatic N) is 1. The SMILES string of the molecule is [B]c1ccc(C2C(C)C(S)NN2C)cc1. The Labute approximate surface area is 97.8 Å². The van der Waals surface area contributed by atoms with Gasteiger partial charge in [-0.3, -0.25) is 0 Å². The Morgan fingerprint density at radius 1 is 1.33 bits per heavy atom. The van der Waals surface area contributed by atoms with Crippen molar-refractivity contribution in [1.29, 1.82) is 0 Å². The zero-order valence-electron chi connectivity index (χ0n) is 9.01. The molecule has 0 spiro atoms. The second-order valence-corrected chi connectivity index (χ2v) is 4.71. The third-order valence-electron chi connectivity index (χ3n) is 3.03. The van der Waals surface area contributed by atoms with Crippen molar-refractivity contribution in [2.75, 3.05) is 7.05 Å². The fourth-order valence-electron chi connectivity index (χ4n) is 2.15. The minimum atomic E-state index is 0.220. The van der Waals surface area contributed by atoms with E-state index in [4.69, 9.17) is 7.85 Å². The summed E-state index contributed by atoms with van der Waals surface area (Å²) in [6.07, 6.45) is 0. The molecule has 0 amide bonds. The predicted molar refractivity (Wildman–Crippen MR) is 67.4 cm³/mol. The Bertz CT molecular complexity index is 341. The molecule has 0 bridgehead atoms. The molecule has 1 heterocycles. The number of benzene rings is 1. The van der Waals surface area contributed by atoms with E-state index in [1.807, 2.05) is 19.2 Å². The van der Waals surface area contributed by atoms with Gasteiger partial charge in [0.05, 0.1) is 11.4 Å². The minimum Gasteiger partial charge on any atom is -0.242 e. The van der Waals surface area contributed by atoms with Gasteiger partial charge in [-0.25, -0.2) is 10.4 Å². The highest BCUT2D eigenvalue weighted by Gasteiger charge is 2.35. The molecule has 78 valence electrons. The maximum Gasteiger partial charge on any atom is 0.113 e. The monoisotopic (exact) mass is 218 g/mol. The highest BCUT2D eigenvalue weighted by atomic mass is 32.1. The van der Waals surface area contributed by atoms with Crippen LogP contribution >= 0.6 is 12.6 Å². The Hall–Kier alpha value is -0.445. The van der Waals surface area contributed by atoms with Crippen molar-refractivity contribution in [3.05, 3.63) is 29.8 Å². The number of hydrogen-bond donors (Lipinski definition) is 2. The molecule has 1 aromatic carbocycles. The van der Waals surface area contributed by atoms with Crippen LogP contribution < -0.4 is 10.9 Å². The van der Waals surface area contributed by atoms with Gasteiger partial charge in [0.2, 0.25) is 0 Å². The normalized spacial score (nSPS) is 32.1. The van der Waals surface area contributed by atoms with Crippen LogP contribution in [0.25, 0.3) is 0 Å². The van der Waals surface area contributed by atoms with Gasteiger partial charge in [-0.05, 0) is 5.56 Å². The lowest BCUT2D eigenvalue weighted by molar-refractivity contribution is 0.224. The molecule has 1 aliphatic rings. The number of hydrazine groups is 1. The molecule has 2 radical (unpaired) electrons.